The number of hydrogen-bond donors (Lipinski definition) is 1. The molecule has 0 aromatic heterocycles. The first kappa shape index (κ1) is 22.5. The molecule has 2 aromatic rings. The van der Waals surface area contributed by atoms with Gasteiger partial charge in [-0.1, -0.05) is 36.4 Å². The summed E-state index contributed by atoms with van der Waals surface area (Å²) in [7, 11) is 0. The zero-order chi connectivity index (χ0) is 22.4. The van der Waals surface area contributed by atoms with Gasteiger partial charge in [-0.25, -0.2) is 9.59 Å². The van der Waals surface area contributed by atoms with Gasteiger partial charge in [0.05, 0.1) is 13.2 Å². The number of rotatable bonds is 7. The molecule has 1 aliphatic heterocycles. The third kappa shape index (κ3) is 4.94. The summed E-state index contributed by atoms with van der Waals surface area (Å²) in [6, 6.07) is 13.3. The van der Waals surface area contributed by atoms with Crippen LogP contribution < -0.4 is 5.73 Å². The minimum Gasteiger partial charge on any atom is -0.464 e. The number of benzene rings is 2. The molecule has 1 saturated heterocycles. The maximum atomic E-state index is 13.5. The summed E-state index contributed by atoms with van der Waals surface area (Å²) in [4.78, 5) is 39.8. The Labute approximate surface area is 182 Å². The molecule has 1 amide bonds. The van der Waals surface area contributed by atoms with E-state index in [9.17, 15) is 14.4 Å². The molecule has 2 atom stereocenters. The Kier molecular flexibility index (Phi) is 7.41. The van der Waals surface area contributed by atoms with Gasteiger partial charge in [-0.15, -0.1) is 0 Å². The summed E-state index contributed by atoms with van der Waals surface area (Å²) in [5.41, 5.74) is 8.87. The minimum absolute atomic E-state index is 0.204. The normalized spacial score (nSPS) is 18.0. The number of likely N-dealkylation sites (tertiary alicyclic amines) is 1. The molecule has 0 saturated carbocycles. The summed E-state index contributed by atoms with van der Waals surface area (Å²) < 4.78 is 10.3. The SMILES string of the molecule is CCOC(=O)C1CCC(C(=O)OCC)N1C(=O)c1cccc(-c2ccc(CN)cc2)c1. The molecule has 1 fully saturated rings. The maximum absolute atomic E-state index is 13.5. The van der Waals surface area contributed by atoms with E-state index in [1.165, 1.54) is 4.90 Å². The monoisotopic (exact) mass is 424 g/mol. The lowest BCUT2D eigenvalue weighted by atomic mass is 10.0. The second kappa shape index (κ2) is 10.2. The van der Waals surface area contributed by atoms with Gasteiger partial charge in [-0.3, -0.25) is 4.79 Å². The highest BCUT2D eigenvalue weighted by Crippen LogP contribution is 2.29. The molecule has 0 bridgehead atoms. The summed E-state index contributed by atoms with van der Waals surface area (Å²) in [6.07, 6.45) is 0.711. The summed E-state index contributed by atoms with van der Waals surface area (Å²) in [5.74, 6) is -1.40. The van der Waals surface area contributed by atoms with Crippen LogP contribution >= 0.6 is 0 Å². The van der Waals surface area contributed by atoms with Crippen molar-refractivity contribution in [2.75, 3.05) is 13.2 Å². The van der Waals surface area contributed by atoms with Gasteiger partial charge in [-0.05, 0) is 55.5 Å². The zero-order valence-corrected chi connectivity index (χ0v) is 17.9. The minimum atomic E-state index is -0.811. The second-order valence-corrected chi connectivity index (χ2v) is 7.31. The van der Waals surface area contributed by atoms with Gasteiger partial charge >= 0.3 is 11.9 Å². The third-order valence-electron chi connectivity index (χ3n) is 5.37. The number of nitrogens with two attached hydrogens (primary N) is 1. The van der Waals surface area contributed by atoms with Gasteiger partial charge in [0, 0.05) is 12.1 Å². The number of esters is 2. The molecule has 164 valence electrons. The molecule has 2 aromatic carbocycles. The van der Waals surface area contributed by atoms with Crippen LogP contribution in [0.4, 0.5) is 0 Å². The average Bonchev–Trinajstić information content (AvgIpc) is 3.24. The standard InChI is InChI=1S/C24H28N2O5/c1-3-30-23(28)20-12-13-21(24(29)31-4-2)26(20)22(27)19-7-5-6-18(14-19)17-10-8-16(15-25)9-11-17/h5-11,14,20-21H,3-4,12-13,15,25H2,1-2H3. The Morgan fingerprint density at radius 2 is 1.48 bits per heavy atom. The molecule has 7 nitrogen and oxygen atoms in total. The number of carbonyl (C=O) groups excluding carboxylic acids is 3. The number of nitrogens with zero attached hydrogens (tertiary/aromatic N) is 1. The van der Waals surface area contributed by atoms with Crippen LogP contribution in [0, 0.1) is 0 Å². The molecule has 0 radical (unpaired) electrons. The van der Waals surface area contributed by atoms with Crippen LogP contribution in [0.5, 0.6) is 0 Å². The van der Waals surface area contributed by atoms with E-state index in [-0.39, 0.29) is 13.2 Å². The van der Waals surface area contributed by atoms with Gasteiger partial charge in [0.15, 0.2) is 0 Å². The number of hydrogen-bond acceptors (Lipinski definition) is 6. The Bertz CT molecular complexity index is 915. The van der Waals surface area contributed by atoms with Crippen LogP contribution in [0.1, 0.15) is 42.6 Å². The lowest BCUT2D eigenvalue weighted by Crippen LogP contribution is -2.48. The Morgan fingerprint density at radius 3 is 2.00 bits per heavy atom. The van der Waals surface area contributed by atoms with Crippen molar-refractivity contribution in [2.24, 2.45) is 5.73 Å². The predicted molar refractivity (Wildman–Crippen MR) is 116 cm³/mol. The fraction of sp³-hybridized carbons (Fsp3) is 0.375. The first-order valence-electron chi connectivity index (χ1n) is 10.6. The van der Waals surface area contributed by atoms with E-state index in [2.05, 4.69) is 0 Å². The maximum Gasteiger partial charge on any atom is 0.328 e. The van der Waals surface area contributed by atoms with Crippen LogP contribution in [0.25, 0.3) is 11.1 Å². The van der Waals surface area contributed by atoms with E-state index < -0.39 is 29.9 Å². The van der Waals surface area contributed by atoms with Crippen LogP contribution in [0.3, 0.4) is 0 Å². The van der Waals surface area contributed by atoms with Crippen LogP contribution in [-0.4, -0.2) is 48.0 Å². The summed E-state index contributed by atoms with van der Waals surface area (Å²) in [6.45, 7) is 4.28. The van der Waals surface area contributed by atoms with E-state index in [0.717, 1.165) is 16.7 Å². The van der Waals surface area contributed by atoms with Crippen molar-refractivity contribution in [3.05, 3.63) is 59.7 Å². The van der Waals surface area contributed by atoms with Gasteiger partial charge < -0.3 is 20.1 Å². The second-order valence-electron chi connectivity index (χ2n) is 7.31. The quantitative estimate of drug-likeness (QED) is 0.686. The molecule has 3 rings (SSSR count). The lowest BCUT2D eigenvalue weighted by molar-refractivity contribution is -0.151. The van der Waals surface area contributed by atoms with E-state index in [1.54, 1.807) is 32.0 Å². The molecular formula is C24H28N2O5. The molecule has 31 heavy (non-hydrogen) atoms. The highest BCUT2D eigenvalue weighted by Gasteiger charge is 2.46. The first-order chi connectivity index (χ1) is 15.0. The van der Waals surface area contributed by atoms with E-state index in [1.807, 2.05) is 30.3 Å². The largest absolute Gasteiger partial charge is 0.464 e. The van der Waals surface area contributed by atoms with E-state index in [0.29, 0.717) is 24.9 Å². The molecule has 0 aliphatic carbocycles. The highest BCUT2D eigenvalue weighted by molar-refractivity contribution is 6.00. The lowest BCUT2D eigenvalue weighted by Gasteiger charge is -2.28. The van der Waals surface area contributed by atoms with E-state index >= 15 is 0 Å². The number of carbonyl (C=O) groups is 3. The van der Waals surface area contributed by atoms with Gasteiger partial charge in [0.2, 0.25) is 0 Å². The molecule has 1 heterocycles. The third-order valence-corrected chi connectivity index (χ3v) is 5.37. The Balaban J connectivity index is 1.92. The molecule has 7 heteroatoms. The number of ether oxygens (including phenoxy) is 2. The van der Waals surface area contributed by atoms with Crippen molar-refractivity contribution in [2.45, 2.75) is 45.3 Å². The van der Waals surface area contributed by atoms with Crippen molar-refractivity contribution in [1.29, 1.82) is 0 Å². The van der Waals surface area contributed by atoms with Gasteiger partial charge in [0.1, 0.15) is 12.1 Å². The van der Waals surface area contributed by atoms with E-state index in [4.69, 9.17) is 15.2 Å². The fourth-order valence-electron chi connectivity index (χ4n) is 3.85. The van der Waals surface area contributed by atoms with Crippen molar-refractivity contribution < 1.29 is 23.9 Å². The van der Waals surface area contributed by atoms with Crippen LogP contribution in [0.2, 0.25) is 0 Å². The Morgan fingerprint density at radius 1 is 0.903 bits per heavy atom. The van der Waals surface area contributed by atoms with Crippen LogP contribution in [-0.2, 0) is 25.6 Å². The topological polar surface area (TPSA) is 98.9 Å². The molecule has 2 N–H and O–H groups in total. The van der Waals surface area contributed by atoms with Crippen molar-refractivity contribution in [3.8, 4) is 11.1 Å². The smallest absolute Gasteiger partial charge is 0.328 e. The van der Waals surface area contributed by atoms with Crippen LogP contribution in [0.15, 0.2) is 48.5 Å². The average molecular weight is 424 g/mol. The van der Waals surface area contributed by atoms with Crippen molar-refractivity contribution in [1.82, 2.24) is 4.90 Å². The molecule has 0 spiro atoms. The molecular weight excluding hydrogens is 396 g/mol. The Hall–Kier alpha value is -3.19. The number of amides is 1. The molecule has 1 aliphatic rings. The highest BCUT2D eigenvalue weighted by atomic mass is 16.5. The zero-order valence-electron chi connectivity index (χ0n) is 17.9. The summed E-state index contributed by atoms with van der Waals surface area (Å²) >= 11 is 0. The van der Waals surface area contributed by atoms with Crippen molar-refractivity contribution in [3.63, 3.8) is 0 Å². The fourth-order valence-corrected chi connectivity index (χ4v) is 3.85. The van der Waals surface area contributed by atoms with Gasteiger partial charge in [-0.2, -0.15) is 0 Å². The first-order valence-corrected chi connectivity index (χ1v) is 10.6. The van der Waals surface area contributed by atoms with Crippen molar-refractivity contribution >= 4 is 17.8 Å². The predicted octanol–water partition coefficient (Wildman–Crippen LogP) is 2.91. The summed E-state index contributed by atoms with van der Waals surface area (Å²) in [5, 5.41) is 0. The van der Waals surface area contributed by atoms with Gasteiger partial charge in [0.25, 0.3) is 5.91 Å². The molecule has 2 unspecified atom stereocenters.